The number of anilines is 1. The lowest BCUT2D eigenvalue weighted by atomic mass is 10.0. The number of alkyl carbamates (subject to hydrolysis) is 1. The molecule has 1 unspecified atom stereocenters. The monoisotopic (exact) mass is 638 g/mol. The summed E-state index contributed by atoms with van der Waals surface area (Å²) in [5.74, 6) is -0.187. The van der Waals surface area contributed by atoms with Crippen LogP contribution in [0.15, 0.2) is 106 Å². The number of hydrogen-bond acceptors (Lipinski definition) is 7. The average molecular weight is 639 g/mol. The number of halogens is 1. The highest BCUT2D eigenvalue weighted by atomic mass is 35.5. The van der Waals surface area contributed by atoms with Crippen molar-refractivity contribution in [1.82, 2.24) is 15.2 Å². The summed E-state index contributed by atoms with van der Waals surface area (Å²) >= 11 is 6.40. The van der Waals surface area contributed by atoms with E-state index in [1.807, 2.05) is 85.8 Å². The summed E-state index contributed by atoms with van der Waals surface area (Å²) < 4.78 is 10.9. The summed E-state index contributed by atoms with van der Waals surface area (Å²) in [5, 5.41) is 6.70. The standard InChI is InChI=1S/C36H35ClN4O5/c1-3-41(22-28-16-10-11-17-29(28)37)33(42)31(20-25-12-6-4-7-13-25)40-35-39-30-19-18-27(24(2)32(30)34(43)46-35)21-38-36(44)45-23-26-14-8-5-9-15-26/h4-19,31H,3,20-23H2,1-2H3,(H,38,44)(H,39,40). The molecule has 0 aliphatic carbocycles. The minimum Gasteiger partial charge on any atom is -0.445 e. The molecule has 46 heavy (non-hydrogen) atoms. The minimum atomic E-state index is -0.774. The van der Waals surface area contributed by atoms with Crippen molar-refractivity contribution in [1.29, 1.82) is 0 Å². The first-order valence-corrected chi connectivity index (χ1v) is 15.4. The lowest BCUT2D eigenvalue weighted by molar-refractivity contribution is -0.132. The highest BCUT2D eigenvalue weighted by Gasteiger charge is 2.26. The van der Waals surface area contributed by atoms with E-state index in [-0.39, 0.29) is 25.1 Å². The number of carbonyl (C=O) groups is 2. The molecule has 1 aromatic heterocycles. The minimum absolute atomic E-state index is 0.0599. The third-order valence-corrected chi connectivity index (χ3v) is 8.07. The highest BCUT2D eigenvalue weighted by Crippen LogP contribution is 2.22. The first-order chi connectivity index (χ1) is 22.3. The van der Waals surface area contributed by atoms with Gasteiger partial charge in [-0.2, -0.15) is 4.98 Å². The van der Waals surface area contributed by atoms with Gasteiger partial charge in [-0.1, -0.05) is 96.5 Å². The molecule has 236 valence electrons. The molecule has 5 aromatic rings. The molecule has 2 amide bonds. The Morgan fingerprint density at radius 3 is 2.28 bits per heavy atom. The van der Waals surface area contributed by atoms with E-state index in [1.165, 1.54) is 0 Å². The van der Waals surface area contributed by atoms with Crippen LogP contribution in [0.25, 0.3) is 10.9 Å². The summed E-state index contributed by atoms with van der Waals surface area (Å²) in [6, 6.07) is 29.1. The Hall–Kier alpha value is -5.15. The van der Waals surface area contributed by atoms with Gasteiger partial charge in [-0.15, -0.1) is 0 Å². The molecule has 0 aliphatic heterocycles. The van der Waals surface area contributed by atoms with Crippen LogP contribution < -0.4 is 16.3 Å². The molecule has 0 radical (unpaired) electrons. The van der Waals surface area contributed by atoms with Crippen molar-refractivity contribution in [2.24, 2.45) is 0 Å². The van der Waals surface area contributed by atoms with Gasteiger partial charge in [0.1, 0.15) is 12.6 Å². The number of likely N-dealkylation sites (N-methyl/N-ethyl adjacent to an activating group) is 1. The van der Waals surface area contributed by atoms with Gasteiger partial charge in [-0.25, -0.2) is 9.59 Å². The number of aryl methyl sites for hydroxylation is 1. The van der Waals surface area contributed by atoms with Crippen molar-refractivity contribution in [3.05, 3.63) is 140 Å². The summed E-state index contributed by atoms with van der Waals surface area (Å²) in [5.41, 5.74) is 3.79. The second-order valence-corrected chi connectivity index (χ2v) is 11.2. The van der Waals surface area contributed by atoms with Crippen LogP contribution in [0.3, 0.4) is 0 Å². The fraction of sp³-hybridized carbons (Fsp3) is 0.222. The molecule has 0 fully saturated rings. The van der Waals surface area contributed by atoms with Crippen LogP contribution in [0.2, 0.25) is 5.02 Å². The van der Waals surface area contributed by atoms with E-state index in [1.54, 1.807) is 30.0 Å². The van der Waals surface area contributed by atoms with Crippen molar-refractivity contribution in [2.75, 3.05) is 11.9 Å². The SMILES string of the molecule is CCN(Cc1ccccc1Cl)C(=O)C(Cc1ccccc1)Nc1nc2ccc(CNC(=O)OCc3ccccc3)c(C)c2c(=O)o1. The van der Waals surface area contributed by atoms with Crippen LogP contribution in [-0.2, 0) is 35.6 Å². The topological polar surface area (TPSA) is 114 Å². The van der Waals surface area contributed by atoms with Gasteiger partial charge >= 0.3 is 11.7 Å². The Labute approximate surface area is 272 Å². The summed E-state index contributed by atoms with van der Waals surface area (Å²) in [6.07, 6.45) is -0.232. The smallest absolute Gasteiger partial charge is 0.407 e. The fourth-order valence-corrected chi connectivity index (χ4v) is 5.35. The van der Waals surface area contributed by atoms with Crippen molar-refractivity contribution in [2.45, 2.75) is 46.0 Å². The van der Waals surface area contributed by atoms with Gasteiger partial charge in [0.25, 0.3) is 6.01 Å². The predicted molar refractivity (Wildman–Crippen MR) is 179 cm³/mol. The van der Waals surface area contributed by atoms with Gasteiger partial charge in [0.15, 0.2) is 0 Å². The number of nitrogens with one attached hydrogen (secondary N) is 2. The van der Waals surface area contributed by atoms with E-state index < -0.39 is 17.8 Å². The number of hydrogen-bond donors (Lipinski definition) is 2. The zero-order valence-corrected chi connectivity index (χ0v) is 26.4. The van der Waals surface area contributed by atoms with Crippen molar-refractivity contribution in [3.8, 4) is 0 Å². The predicted octanol–water partition coefficient (Wildman–Crippen LogP) is 6.65. The summed E-state index contributed by atoms with van der Waals surface area (Å²) in [4.78, 5) is 45.8. The van der Waals surface area contributed by atoms with Crippen molar-refractivity contribution >= 4 is 40.5 Å². The molecule has 5 rings (SSSR count). The number of ether oxygens (including phenoxy) is 1. The van der Waals surface area contributed by atoms with E-state index in [4.69, 9.17) is 20.8 Å². The Bertz CT molecular complexity index is 1860. The normalized spacial score (nSPS) is 11.5. The molecular formula is C36H35ClN4O5. The van der Waals surface area contributed by atoms with Crippen LogP contribution in [0.5, 0.6) is 0 Å². The maximum Gasteiger partial charge on any atom is 0.407 e. The molecule has 2 N–H and O–H groups in total. The largest absolute Gasteiger partial charge is 0.445 e. The Morgan fingerprint density at radius 1 is 0.913 bits per heavy atom. The molecule has 4 aromatic carbocycles. The molecule has 10 heteroatoms. The lowest BCUT2D eigenvalue weighted by Crippen LogP contribution is -2.44. The van der Waals surface area contributed by atoms with E-state index >= 15 is 0 Å². The summed E-state index contributed by atoms with van der Waals surface area (Å²) in [7, 11) is 0. The fourth-order valence-electron chi connectivity index (χ4n) is 5.15. The van der Waals surface area contributed by atoms with E-state index in [2.05, 4.69) is 15.6 Å². The third kappa shape index (κ3) is 8.11. The molecule has 0 saturated carbocycles. The van der Waals surface area contributed by atoms with Gasteiger partial charge < -0.3 is 24.7 Å². The quantitative estimate of drug-likeness (QED) is 0.157. The van der Waals surface area contributed by atoms with Gasteiger partial charge in [-0.3, -0.25) is 4.79 Å². The van der Waals surface area contributed by atoms with Crippen LogP contribution in [0.1, 0.15) is 34.7 Å². The first-order valence-electron chi connectivity index (χ1n) is 15.0. The zero-order chi connectivity index (χ0) is 32.5. The zero-order valence-electron chi connectivity index (χ0n) is 25.7. The van der Waals surface area contributed by atoms with Crippen LogP contribution in [0, 0.1) is 6.92 Å². The number of rotatable bonds is 12. The number of fused-ring (bicyclic) bond motifs is 1. The highest BCUT2D eigenvalue weighted by molar-refractivity contribution is 6.31. The molecule has 0 saturated heterocycles. The van der Waals surface area contributed by atoms with Gasteiger partial charge in [-0.05, 0) is 53.8 Å². The molecule has 0 spiro atoms. The van der Waals surface area contributed by atoms with Crippen LogP contribution in [0.4, 0.5) is 10.8 Å². The molecule has 1 atom stereocenters. The van der Waals surface area contributed by atoms with Crippen molar-refractivity contribution < 1.29 is 18.7 Å². The Morgan fingerprint density at radius 2 is 1.59 bits per heavy atom. The van der Waals surface area contributed by atoms with E-state index in [0.717, 1.165) is 16.7 Å². The number of aromatic nitrogens is 1. The van der Waals surface area contributed by atoms with E-state index in [0.29, 0.717) is 46.6 Å². The van der Waals surface area contributed by atoms with E-state index in [9.17, 15) is 14.4 Å². The van der Waals surface area contributed by atoms with Crippen LogP contribution in [-0.4, -0.2) is 34.5 Å². The van der Waals surface area contributed by atoms with Crippen molar-refractivity contribution in [3.63, 3.8) is 0 Å². The number of amides is 2. The number of carbonyl (C=O) groups excluding carboxylic acids is 2. The van der Waals surface area contributed by atoms with Gasteiger partial charge in [0.2, 0.25) is 5.91 Å². The first kappa shape index (κ1) is 32.2. The van der Waals surface area contributed by atoms with Gasteiger partial charge in [0, 0.05) is 31.1 Å². The maximum absolute atomic E-state index is 13.9. The maximum atomic E-state index is 13.9. The molecule has 9 nitrogen and oxygen atoms in total. The number of benzene rings is 4. The summed E-state index contributed by atoms with van der Waals surface area (Å²) in [6.45, 7) is 4.75. The number of nitrogens with zero attached hydrogens (tertiary/aromatic N) is 2. The van der Waals surface area contributed by atoms with Crippen LogP contribution >= 0.6 is 11.6 Å². The molecule has 0 bridgehead atoms. The third-order valence-electron chi connectivity index (χ3n) is 7.70. The van der Waals surface area contributed by atoms with Gasteiger partial charge in [0.05, 0.1) is 10.9 Å². The molecule has 0 aliphatic rings. The molecule has 1 heterocycles. The Balaban J connectivity index is 1.34. The second-order valence-electron chi connectivity index (χ2n) is 10.8. The second kappa shape index (κ2) is 15.2. The Kier molecular flexibility index (Phi) is 10.7. The molecular weight excluding hydrogens is 604 g/mol. The lowest BCUT2D eigenvalue weighted by Gasteiger charge is -2.27. The average Bonchev–Trinajstić information content (AvgIpc) is 3.07.